The summed E-state index contributed by atoms with van der Waals surface area (Å²) < 4.78 is 20.1. The number of carboxylic acid groups (broad SMARTS) is 1. The molecule has 0 aliphatic heterocycles. The third-order valence-corrected chi connectivity index (χ3v) is 5.83. The Hall–Kier alpha value is -4.97. The molecule has 0 aliphatic rings. The van der Waals surface area contributed by atoms with E-state index in [0.717, 1.165) is 6.07 Å². The van der Waals surface area contributed by atoms with E-state index in [9.17, 15) is 29.0 Å². The molecule has 0 spiro atoms. The van der Waals surface area contributed by atoms with Crippen LogP contribution in [0.5, 0.6) is 5.75 Å². The van der Waals surface area contributed by atoms with Gasteiger partial charge in [-0.15, -0.1) is 0 Å². The summed E-state index contributed by atoms with van der Waals surface area (Å²) in [6.45, 7) is 2.93. The van der Waals surface area contributed by atoms with Crippen molar-refractivity contribution in [3.63, 3.8) is 0 Å². The van der Waals surface area contributed by atoms with Gasteiger partial charge in [0.1, 0.15) is 24.0 Å². The van der Waals surface area contributed by atoms with Gasteiger partial charge in [-0.3, -0.25) is 19.8 Å². The number of aliphatic hydroxyl groups is 1. The zero-order chi connectivity index (χ0) is 30.1. The van der Waals surface area contributed by atoms with Crippen molar-refractivity contribution >= 4 is 40.7 Å². The number of carbonyl (C=O) groups is 3. The molecular weight excluding hydrogens is 533 g/mol. The standard InChI is InChI=1S/C29H32FN5O6/c1-16(2)41-25-13-21(34-26(37)15-36)11-18(22(25)8-10-27(38)39)14-33-24-9-5-19(30)12-23(24)29(40)35-20-6-3-17(4-7-20)28(31)32/h3-7,9,11-13,16,33,36H,8,10,14-15H2,1-2H3,(H3,31,32)(H,34,37)(H,35,40)(H,38,39). The third kappa shape index (κ3) is 8.77. The summed E-state index contributed by atoms with van der Waals surface area (Å²) in [5.41, 5.74) is 8.13. The smallest absolute Gasteiger partial charge is 0.303 e. The molecule has 0 atom stereocenters. The molecule has 8 N–H and O–H groups in total. The number of hydrogen-bond donors (Lipinski definition) is 7. The quantitative estimate of drug-likeness (QED) is 0.121. The topological polar surface area (TPSA) is 187 Å². The molecule has 0 aromatic heterocycles. The Morgan fingerprint density at radius 1 is 1.02 bits per heavy atom. The first kappa shape index (κ1) is 30.6. The largest absolute Gasteiger partial charge is 0.491 e. The van der Waals surface area contributed by atoms with Gasteiger partial charge < -0.3 is 36.6 Å². The van der Waals surface area contributed by atoms with Gasteiger partial charge in [0.2, 0.25) is 5.91 Å². The Morgan fingerprint density at radius 2 is 1.73 bits per heavy atom. The van der Waals surface area contributed by atoms with Crippen LogP contribution in [0.4, 0.5) is 21.5 Å². The van der Waals surface area contributed by atoms with Crippen LogP contribution < -0.4 is 26.4 Å². The maximum atomic E-state index is 14.2. The predicted molar refractivity (Wildman–Crippen MR) is 153 cm³/mol. The molecule has 3 rings (SSSR count). The van der Waals surface area contributed by atoms with E-state index in [0.29, 0.717) is 39.5 Å². The van der Waals surface area contributed by atoms with Crippen LogP contribution in [0, 0.1) is 11.2 Å². The number of aliphatic hydroxyl groups excluding tert-OH is 1. The number of aliphatic carboxylic acids is 1. The Kier molecular flexibility index (Phi) is 10.4. The number of nitrogen functional groups attached to an aromatic ring is 1. The summed E-state index contributed by atoms with van der Waals surface area (Å²) in [5.74, 6) is -2.64. The minimum Gasteiger partial charge on any atom is -0.491 e. The molecule has 41 heavy (non-hydrogen) atoms. The van der Waals surface area contributed by atoms with Crippen molar-refractivity contribution in [3.05, 3.63) is 82.7 Å². The maximum absolute atomic E-state index is 14.2. The number of rotatable bonds is 13. The molecule has 0 fully saturated rings. The second-order valence-electron chi connectivity index (χ2n) is 9.37. The highest BCUT2D eigenvalue weighted by atomic mass is 19.1. The van der Waals surface area contributed by atoms with Gasteiger partial charge >= 0.3 is 5.97 Å². The van der Waals surface area contributed by atoms with E-state index < -0.39 is 30.2 Å². The van der Waals surface area contributed by atoms with Gasteiger partial charge in [-0.05, 0) is 79.9 Å². The van der Waals surface area contributed by atoms with E-state index in [2.05, 4.69) is 16.0 Å². The van der Waals surface area contributed by atoms with Crippen LogP contribution in [-0.2, 0) is 22.6 Å². The lowest BCUT2D eigenvalue weighted by atomic mass is 9.99. The first-order chi connectivity index (χ1) is 19.5. The molecule has 11 nitrogen and oxygen atoms in total. The van der Waals surface area contributed by atoms with Crippen LogP contribution >= 0.6 is 0 Å². The summed E-state index contributed by atoms with van der Waals surface area (Å²) in [5, 5.41) is 34.3. The number of hydrogen-bond acceptors (Lipinski definition) is 7. The fourth-order valence-corrected chi connectivity index (χ4v) is 3.99. The first-order valence-corrected chi connectivity index (χ1v) is 12.7. The van der Waals surface area contributed by atoms with Crippen LogP contribution in [0.2, 0.25) is 0 Å². The Balaban J connectivity index is 1.94. The van der Waals surface area contributed by atoms with Crippen molar-refractivity contribution in [3.8, 4) is 5.75 Å². The summed E-state index contributed by atoms with van der Waals surface area (Å²) in [4.78, 5) is 36.3. The van der Waals surface area contributed by atoms with Gasteiger partial charge in [-0.1, -0.05) is 0 Å². The van der Waals surface area contributed by atoms with E-state index in [1.54, 1.807) is 50.2 Å². The summed E-state index contributed by atoms with van der Waals surface area (Å²) in [6.07, 6.45) is -0.327. The van der Waals surface area contributed by atoms with Crippen molar-refractivity contribution in [1.82, 2.24) is 0 Å². The molecule has 0 radical (unpaired) electrons. The SMILES string of the molecule is CC(C)Oc1cc(NC(=O)CO)cc(CNc2ccc(F)cc2C(=O)Nc2ccc(C(=N)N)cc2)c1CCC(=O)O. The van der Waals surface area contributed by atoms with E-state index >= 15 is 0 Å². The number of anilines is 3. The lowest BCUT2D eigenvalue weighted by Gasteiger charge is -2.21. The second-order valence-corrected chi connectivity index (χ2v) is 9.37. The molecule has 0 saturated carbocycles. The van der Waals surface area contributed by atoms with Crippen LogP contribution in [0.25, 0.3) is 0 Å². The molecule has 0 saturated heterocycles. The first-order valence-electron chi connectivity index (χ1n) is 12.7. The maximum Gasteiger partial charge on any atom is 0.303 e. The summed E-state index contributed by atoms with van der Waals surface area (Å²) >= 11 is 0. The van der Waals surface area contributed by atoms with Crippen molar-refractivity contribution in [2.45, 2.75) is 39.3 Å². The predicted octanol–water partition coefficient (Wildman–Crippen LogP) is 3.71. The number of halogens is 1. The average molecular weight is 566 g/mol. The molecule has 3 aromatic carbocycles. The van der Waals surface area contributed by atoms with Gasteiger partial charge in [-0.2, -0.15) is 0 Å². The van der Waals surface area contributed by atoms with E-state index in [-0.39, 0.29) is 36.9 Å². The van der Waals surface area contributed by atoms with E-state index in [1.807, 2.05) is 0 Å². The highest BCUT2D eigenvalue weighted by Crippen LogP contribution is 2.31. The molecule has 216 valence electrons. The van der Waals surface area contributed by atoms with E-state index in [1.165, 1.54) is 12.1 Å². The number of carboxylic acids is 1. The van der Waals surface area contributed by atoms with Crippen molar-refractivity contribution in [2.24, 2.45) is 5.73 Å². The number of benzene rings is 3. The number of carbonyl (C=O) groups excluding carboxylic acids is 2. The molecule has 12 heteroatoms. The Morgan fingerprint density at radius 3 is 2.34 bits per heavy atom. The number of amides is 2. The number of nitrogens with two attached hydrogens (primary N) is 1. The molecular formula is C29H32FN5O6. The molecule has 0 unspecified atom stereocenters. The normalized spacial score (nSPS) is 10.7. The van der Waals surface area contributed by atoms with Crippen molar-refractivity contribution < 1.29 is 33.7 Å². The number of nitrogens with one attached hydrogen (secondary N) is 4. The summed E-state index contributed by atoms with van der Waals surface area (Å²) in [7, 11) is 0. The zero-order valence-corrected chi connectivity index (χ0v) is 22.6. The lowest BCUT2D eigenvalue weighted by molar-refractivity contribution is -0.137. The molecule has 0 aliphatic carbocycles. The zero-order valence-electron chi connectivity index (χ0n) is 22.6. The van der Waals surface area contributed by atoms with Crippen molar-refractivity contribution in [1.29, 1.82) is 5.41 Å². The highest BCUT2D eigenvalue weighted by molar-refractivity contribution is 6.08. The highest BCUT2D eigenvalue weighted by Gasteiger charge is 2.18. The van der Waals surface area contributed by atoms with Crippen molar-refractivity contribution in [2.75, 3.05) is 22.6 Å². The second kappa shape index (κ2) is 13.9. The Labute approximate surface area is 236 Å². The van der Waals surface area contributed by atoms with Crippen LogP contribution in [0.15, 0.2) is 54.6 Å². The number of amidine groups is 1. The van der Waals surface area contributed by atoms with Gasteiger partial charge in [-0.25, -0.2) is 4.39 Å². The molecule has 2 amide bonds. The van der Waals surface area contributed by atoms with Gasteiger partial charge in [0.25, 0.3) is 5.91 Å². The van der Waals surface area contributed by atoms with Gasteiger partial charge in [0.05, 0.1) is 11.7 Å². The van der Waals surface area contributed by atoms with Crippen LogP contribution in [-0.4, -0.2) is 46.5 Å². The minimum absolute atomic E-state index is 0.0103. The minimum atomic E-state index is -1.01. The Bertz CT molecular complexity index is 1440. The average Bonchev–Trinajstić information content (AvgIpc) is 2.91. The van der Waals surface area contributed by atoms with Gasteiger partial charge in [0, 0.05) is 41.7 Å². The third-order valence-electron chi connectivity index (χ3n) is 5.83. The fraction of sp³-hybridized carbons (Fsp3) is 0.241. The van der Waals surface area contributed by atoms with Gasteiger partial charge in [0.15, 0.2) is 0 Å². The molecule has 0 heterocycles. The van der Waals surface area contributed by atoms with E-state index in [4.69, 9.17) is 15.9 Å². The molecule has 0 bridgehead atoms. The molecule has 3 aromatic rings. The summed E-state index contributed by atoms with van der Waals surface area (Å²) in [6, 6.07) is 13.1. The van der Waals surface area contributed by atoms with Crippen LogP contribution in [0.3, 0.4) is 0 Å². The lowest BCUT2D eigenvalue weighted by Crippen LogP contribution is -2.18. The fourth-order valence-electron chi connectivity index (χ4n) is 3.99. The number of ether oxygens (including phenoxy) is 1. The van der Waals surface area contributed by atoms with Crippen LogP contribution in [0.1, 0.15) is 47.3 Å². The monoisotopic (exact) mass is 565 g/mol.